The Balaban J connectivity index is 1.52. The highest BCUT2D eigenvalue weighted by Gasteiger charge is 2.11. The lowest BCUT2D eigenvalue weighted by atomic mass is 10.0. The van der Waals surface area contributed by atoms with E-state index in [0.717, 1.165) is 27.8 Å². The normalized spacial score (nSPS) is 10.7. The Morgan fingerprint density at radius 1 is 0.963 bits per heavy atom. The van der Waals surface area contributed by atoms with Crippen molar-refractivity contribution >= 4 is 34.2 Å². The number of nitrogens with one attached hydrogen (secondary N) is 2. The third-order valence-electron chi connectivity index (χ3n) is 4.25. The van der Waals surface area contributed by atoms with Crippen molar-refractivity contribution in [3.63, 3.8) is 0 Å². The summed E-state index contributed by atoms with van der Waals surface area (Å²) in [5.74, 6) is 0.361. The molecule has 0 fully saturated rings. The van der Waals surface area contributed by atoms with Gasteiger partial charge in [0.05, 0.1) is 5.39 Å². The molecule has 6 nitrogen and oxygen atoms in total. The van der Waals surface area contributed by atoms with Crippen molar-refractivity contribution in [3.05, 3.63) is 72.3 Å². The molecule has 4 N–H and O–H groups in total. The highest BCUT2D eigenvalue weighted by molar-refractivity contribution is 6.02. The zero-order valence-corrected chi connectivity index (χ0v) is 14.7. The van der Waals surface area contributed by atoms with E-state index < -0.39 is 0 Å². The van der Waals surface area contributed by atoms with Gasteiger partial charge in [-0.3, -0.25) is 0 Å². The number of hydrogen-bond donors (Lipinski definition) is 3. The number of hydrogen-bond acceptors (Lipinski definition) is 4. The Hall–Kier alpha value is -3.80. The molecule has 1 heterocycles. The first-order chi connectivity index (χ1) is 13.1. The molecule has 0 aliphatic rings. The molecule has 3 aromatic carbocycles. The first kappa shape index (κ1) is 16.7. The van der Waals surface area contributed by atoms with E-state index in [4.69, 9.17) is 10.3 Å². The fourth-order valence-electron chi connectivity index (χ4n) is 3.01. The maximum absolute atomic E-state index is 12.2. The number of fused-ring (bicyclic) bond motifs is 1. The number of nitrogens with zero attached hydrogens (tertiary/aromatic N) is 1. The first-order valence-electron chi connectivity index (χ1n) is 8.49. The van der Waals surface area contributed by atoms with Crippen LogP contribution in [0.25, 0.3) is 22.1 Å². The maximum atomic E-state index is 12.2. The van der Waals surface area contributed by atoms with Crippen molar-refractivity contribution in [2.45, 2.75) is 6.92 Å². The molecule has 0 spiro atoms. The van der Waals surface area contributed by atoms with Crippen LogP contribution < -0.4 is 16.4 Å². The lowest BCUT2D eigenvalue weighted by Gasteiger charge is -2.09. The summed E-state index contributed by atoms with van der Waals surface area (Å²) < 4.78 is 5.21. The Bertz CT molecular complexity index is 1120. The first-order valence-corrected chi connectivity index (χ1v) is 8.49. The topological polar surface area (TPSA) is 93.2 Å². The van der Waals surface area contributed by atoms with E-state index in [1.165, 1.54) is 0 Å². The zero-order valence-electron chi connectivity index (χ0n) is 14.7. The van der Waals surface area contributed by atoms with Crippen LogP contribution >= 0.6 is 0 Å². The van der Waals surface area contributed by atoms with E-state index in [9.17, 15) is 4.79 Å². The van der Waals surface area contributed by atoms with E-state index in [1.54, 1.807) is 0 Å². The average molecular weight is 358 g/mol. The molecule has 2 amide bonds. The molecule has 6 heteroatoms. The van der Waals surface area contributed by atoms with Crippen LogP contribution in [-0.4, -0.2) is 11.2 Å². The predicted octanol–water partition coefficient (Wildman–Crippen LogP) is 5.03. The predicted molar refractivity (Wildman–Crippen MR) is 108 cm³/mol. The van der Waals surface area contributed by atoms with Gasteiger partial charge < -0.3 is 20.9 Å². The number of nitrogens with two attached hydrogens (primary N) is 1. The smallest absolute Gasteiger partial charge is 0.323 e. The van der Waals surface area contributed by atoms with Crippen molar-refractivity contribution in [2.24, 2.45) is 0 Å². The Morgan fingerprint density at radius 2 is 1.70 bits per heavy atom. The minimum absolute atomic E-state index is 0.293. The van der Waals surface area contributed by atoms with Crippen LogP contribution in [0, 0.1) is 6.92 Å². The molecule has 0 aliphatic carbocycles. The second-order valence-electron chi connectivity index (χ2n) is 6.27. The van der Waals surface area contributed by atoms with Crippen molar-refractivity contribution in [2.75, 3.05) is 16.4 Å². The third kappa shape index (κ3) is 3.46. The minimum Gasteiger partial charge on any atom is -0.380 e. The van der Waals surface area contributed by atoms with Crippen LogP contribution in [0.1, 0.15) is 5.56 Å². The molecule has 134 valence electrons. The molecule has 0 saturated heterocycles. The summed E-state index contributed by atoms with van der Waals surface area (Å²) in [7, 11) is 0. The fraction of sp³-hybridized carbons (Fsp3) is 0.0476. The van der Waals surface area contributed by atoms with Gasteiger partial charge >= 0.3 is 6.03 Å². The van der Waals surface area contributed by atoms with E-state index in [0.29, 0.717) is 17.1 Å². The number of rotatable bonds is 3. The van der Waals surface area contributed by atoms with E-state index in [-0.39, 0.29) is 6.03 Å². The van der Waals surface area contributed by atoms with Crippen molar-refractivity contribution < 1.29 is 9.32 Å². The minimum atomic E-state index is -0.293. The molecule has 0 saturated carbocycles. The van der Waals surface area contributed by atoms with Gasteiger partial charge in [0.15, 0.2) is 11.4 Å². The van der Waals surface area contributed by atoms with Gasteiger partial charge in [-0.1, -0.05) is 41.6 Å². The summed E-state index contributed by atoms with van der Waals surface area (Å²) in [6.07, 6.45) is 0. The highest BCUT2D eigenvalue weighted by Crippen LogP contribution is 2.32. The van der Waals surface area contributed by atoms with Gasteiger partial charge in [0.1, 0.15) is 0 Å². The van der Waals surface area contributed by atoms with Gasteiger partial charge in [0.25, 0.3) is 0 Å². The molecule has 0 unspecified atom stereocenters. The van der Waals surface area contributed by atoms with Gasteiger partial charge in [-0.2, -0.15) is 0 Å². The molecule has 1 aromatic heterocycles. The second kappa shape index (κ2) is 6.84. The molecule has 4 rings (SSSR count). The van der Waals surface area contributed by atoms with Gasteiger partial charge in [-0.05, 0) is 53.9 Å². The number of aryl methyl sites for hydroxylation is 1. The van der Waals surface area contributed by atoms with Gasteiger partial charge in [0.2, 0.25) is 0 Å². The summed E-state index contributed by atoms with van der Waals surface area (Å²) >= 11 is 0. The number of aromatic nitrogens is 1. The maximum Gasteiger partial charge on any atom is 0.323 e. The monoisotopic (exact) mass is 358 g/mol. The van der Waals surface area contributed by atoms with Crippen LogP contribution in [0.3, 0.4) is 0 Å². The number of carbonyl (C=O) groups is 1. The Kier molecular flexibility index (Phi) is 4.22. The summed E-state index contributed by atoms with van der Waals surface area (Å²) in [6.45, 7) is 1.98. The van der Waals surface area contributed by atoms with Gasteiger partial charge in [0, 0.05) is 11.4 Å². The average Bonchev–Trinajstić information content (AvgIpc) is 3.04. The van der Waals surface area contributed by atoms with Crippen molar-refractivity contribution in [1.82, 2.24) is 5.16 Å². The Morgan fingerprint density at radius 3 is 2.48 bits per heavy atom. The summed E-state index contributed by atoms with van der Waals surface area (Å²) in [5, 5.41) is 10.3. The van der Waals surface area contributed by atoms with Gasteiger partial charge in [-0.25, -0.2) is 4.79 Å². The van der Waals surface area contributed by atoms with Crippen LogP contribution in [0.5, 0.6) is 0 Å². The lowest BCUT2D eigenvalue weighted by molar-refractivity contribution is 0.262. The number of nitrogen functional groups attached to an aromatic ring is 1. The number of carbonyl (C=O) groups excluding carboxylic acids is 1. The largest absolute Gasteiger partial charge is 0.380 e. The zero-order chi connectivity index (χ0) is 18.8. The summed E-state index contributed by atoms with van der Waals surface area (Å²) in [5.41, 5.74) is 11.0. The number of anilines is 3. The molecule has 0 aliphatic heterocycles. The quantitative estimate of drug-likeness (QED) is 0.479. The summed E-state index contributed by atoms with van der Waals surface area (Å²) in [6, 6.07) is 20.5. The Labute approximate surface area is 156 Å². The molecule has 0 bridgehead atoms. The number of amides is 2. The van der Waals surface area contributed by atoms with Crippen molar-refractivity contribution in [3.8, 4) is 11.1 Å². The van der Waals surface area contributed by atoms with E-state index >= 15 is 0 Å². The van der Waals surface area contributed by atoms with E-state index in [1.807, 2.05) is 73.7 Å². The number of benzene rings is 3. The number of urea groups is 1. The molecule has 0 radical (unpaired) electrons. The highest BCUT2D eigenvalue weighted by atomic mass is 16.5. The van der Waals surface area contributed by atoms with Crippen LogP contribution in [0.2, 0.25) is 0 Å². The van der Waals surface area contributed by atoms with Gasteiger partial charge in [-0.15, -0.1) is 0 Å². The summed E-state index contributed by atoms with van der Waals surface area (Å²) in [4.78, 5) is 12.2. The molecular weight excluding hydrogens is 340 g/mol. The van der Waals surface area contributed by atoms with E-state index in [2.05, 4.69) is 15.8 Å². The standard InChI is InChI=1S/C21H18N4O2/c1-13-4-2-5-16(12-13)24-21(26)23-15-10-8-14(9-11-15)17-6-3-7-18-19(17)20(22)25-27-18/h2-12H,1H3,(H2,22,25)(H2,23,24,26). The fourth-order valence-corrected chi connectivity index (χ4v) is 3.01. The molecule has 4 aromatic rings. The molecule has 27 heavy (non-hydrogen) atoms. The van der Waals surface area contributed by atoms with Crippen molar-refractivity contribution in [1.29, 1.82) is 0 Å². The van der Waals surface area contributed by atoms with Crippen LogP contribution in [0.4, 0.5) is 22.0 Å². The second-order valence-corrected chi connectivity index (χ2v) is 6.27. The third-order valence-corrected chi connectivity index (χ3v) is 4.25. The van der Waals surface area contributed by atoms with Crippen LogP contribution in [-0.2, 0) is 0 Å². The lowest BCUT2D eigenvalue weighted by Crippen LogP contribution is -2.19. The molecule has 0 atom stereocenters. The molecular formula is C21H18N4O2. The SMILES string of the molecule is Cc1cccc(NC(=O)Nc2ccc(-c3cccc4onc(N)c34)cc2)c1. The van der Waals surface area contributed by atoms with Crippen LogP contribution in [0.15, 0.2) is 71.3 Å².